The number of nitrogens with zero attached hydrogens (tertiary/aromatic N) is 1. The molecule has 2 amide bonds. The van der Waals surface area contributed by atoms with Gasteiger partial charge in [0, 0.05) is 11.3 Å². The Morgan fingerprint density at radius 1 is 1.29 bits per heavy atom. The van der Waals surface area contributed by atoms with Crippen LogP contribution in [0.5, 0.6) is 5.88 Å². The molecule has 9 heteroatoms. The molecular formula is C19H29N3O5S. The zero-order chi connectivity index (χ0) is 20.3. The number of aromatic nitrogens is 1. The lowest BCUT2D eigenvalue weighted by Crippen LogP contribution is -2.38. The number of hydrogen-bond acceptors (Lipinski definition) is 7. The molecule has 0 unspecified atom stereocenters. The van der Waals surface area contributed by atoms with E-state index >= 15 is 0 Å². The van der Waals surface area contributed by atoms with Crippen LogP contribution in [0.15, 0.2) is 9.42 Å². The SMILES string of the molecule is CC(C)(COc1noc(C(=O)N[C@H]2CC[C@H](O)CC2)c1SC1CCC1)C(N)=O. The first-order valence-electron chi connectivity index (χ1n) is 9.84. The number of carbonyl (C=O) groups is 2. The van der Waals surface area contributed by atoms with Gasteiger partial charge in [0.25, 0.3) is 11.8 Å². The third kappa shape index (κ3) is 5.00. The second kappa shape index (κ2) is 8.73. The maximum Gasteiger partial charge on any atom is 0.291 e. The van der Waals surface area contributed by atoms with Gasteiger partial charge in [-0.2, -0.15) is 0 Å². The van der Waals surface area contributed by atoms with E-state index < -0.39 is 11.3 Å². The van der Waals surface area contributed by atoms with Crippen molar-refractivity contribution in [3.05, 3.63) is 5.76 Å². The van der Waals surface area contributed by atoms with Crippen molar-refractivity contribution in [1.82, 2.24) is 10.5 Å². The molecule has 0 spiro atoms. The van der Waals surface area contributed by atoms with Crippen molar-refractivity contribution < 1.29 is 24.0 Å². The zero-order valence-electron chi connectivity index (χ0n) is 16.4. The van der Waals surface area contributed by atoms with Crippen LogP contribution in [-0.2, 0) is 4.79 Å². The maximum absolute atomic E-state index is 12.8. The average molecular weight is 412 g/mol. The number of aliphatic hydroxyl groups is 1. The summed E-state index contributed by atoms with van der Waals surface area (Å²) in [6.45, 7) is 3.44. The number of nitrogens with one attached hydrogen (secondary N) is 1. The van der Waals surface area contributed by atoms with Crippen molar-refractivity contribution in [2.24, 2.45) is 11.1 Å². The molecule has 0 aromatic carbocycles. The summed E-state index contributed by atoms with van der Waals surface area (Å²) in [7, 11) is 0. The predicted molar refractivity (Wildman–Crippen MR) is 104 cm³/mol. The molecule has 0 bridgehead atoms. The first-order chi connectivity index (χ1) is 13.3. The van der Waals surface area contributed by atoms with E-state index in [2.05, 4.69) is 10.5 Å². The van der Waals surface area contributed by atoms with E-state index in [0.29, 0.717) is 23.0 Å². The van der Waals surface area contributed by atoms with Crippen molar-refractivity contribution in [3.8, 4) is 5.88 Å². The number of amides is 2. The highest BCUT2D eigenvalue weighted by molar-refractivity contribution is 8.00. The molecule has 1 aromatic rings. The molecule has 1 aromatic heterocycles. The molecule has 3 rings (SSSR count). The number of thioether (sulfide) groups is 1. The van der Waals surface area contributed by atoms with Crippen LogP contribution in [0.2, 0.25) is 0 Å². The smallest absolute Gasteiger partial charge is 0.291 e. The highest BCUT2D eigenvalue weighted by atomic mass is 32.2. The van der Waals surface area contributed by atoms with Gasteiger partial charge in [0.05, 0.1) is 11.5 Å². The summed E-state index contributed by atoms with van der Waals surface area (Å²) < 4.78 is 11.1. The largest absolute Gasteiger partial charge is 0.474 e. The predicted octanol–water partition coefficient (Wildman–Crippen LogP) is 2.24. The van der Waals surface area contributed by atoms with Gasteiger partial charge < -0.3 is 25.4 Å². The lowest BCUT2D eigenvalue weighted by atomic mass is 9.93. The lowest BCUT2D eigenvalue weighted by Gasteiger charge is -2.26. The monoisotopic (exact) mass is 411 g/mol. The molecule has 2 fully saturated rings. The minimum atomic E-state index is -0.858. The van der Waals surface area contributed by atoms with Gasteiger partial charge in [-0.3, -0.25) is 9.59 Å². The fourth-order valence-corrected chi connectivity index (χ4v) is 4.39. The first-order valence-corrected chi connectivity index (χ1v) is 10.7. The third-order valence-electron chi connectivity index (χ3n) is 5.43. The Balaban J connectivity index is 1.71. The van der Waals surface area contributed by atoms with Gasteiger partial charge >= 0.3 is 0 Å². The fraction of sp³-hybridized carbons (Fsp3) is 0.737. The van der Waals surface area contributed by atoms with Gasteiger partial charge in [-0.25, -0.2) is 0 Å². The standard InChI is InChI=1S/C19H29N3O5S/c1-19(2,18(20)25)10-26-17-15(28-13-4-3-5-13)14(27-22-17)16(24)21-11-6-8-12(23)9-7-11/h11-13,23H,3-10H2,1-2H3,(H2,20,25)(H,21,24)/t11-,12-. The van der Waals surface area contributed by atoms with E-state index in [4.69, 9.17) is 15.0 Å². The Bertz CT molecular complexity index is 708. The number of hydrogen-bond donors (Lipinski definition) is 3. The number of nitrogens with two attached hydrogens (primary N) is 1. The summed E-state index contributed by atoms with van der Waals surface area (Å²) >= 11 is 1.54. The van der Waals surface area contributed by atoms with Gasteiger partial charge in [0.15, 0.2) is 0 Å². The van der Waals surface area contributed by atoms with Crippen LogP contribution in [0.3, 0.4) is 0 Å². The maximum atomic E-state index is 12.8. The minimum Gasteiger partial charge on any atom is -0.474 e. The Labute approximate surface area is 168 Å². The molecule has 28 heavy (non-hydrogen) atoms. The van der Waals surface area contributed by atoms with Crippen LogP contribution in [0.25, 0.3) is 0 Å². The molecule has 2 aliphatic carbocycles. The van der Waals surface area contributed by atoms with Crippen LogP contribution in [0, 0.1) is 5.41 Å². The normalized spacial score (nSPS) is 23.1. The molecular weight excluding hydrogens is 382 g/mol. The highest BCUT2D eigenvalue weighted by Gasteiger charge is 2.33. The van der Waals surface area contributed by atoms with Crippen molar-refractivity contribution in [1.29, 1.82) is 0 Å². The van der Waals surface area contributed by atoms with Crippen molar-refractivity contribution >= 4 is 23.6 Å². The topological polar surface area (TPSA) is 128 Å². The minimum absolute atomic E-state index is 0.0146. The molecule has 0 aliphatic heterocycles. The van der Waals surface area contributed by atoms with Crippen LogP contribution in [0.4, 0.5) is 0 Å². The molecule has 8 nitrogen and oxygen atoms in total. The van der Waals surface area contributed by atoms with Crippen molar-refractivity contribution in [2.75, 3.05) is 6.61 Å². The average Bonchev–Trinajstić information content (AvgIpc) is 3.01. The number of aliphatic hydroxyl groups excluding tert-OH is 1. The lowest BCUT2D eigenvalue weighted by molar-refractivity contribution is -0.127. The first kappa shape index (κ1) is 21.0. The van der Waals surface area contributed by atoms with Crippen LogP contribution >= 0.6 is 11.8 Å². The molecule has 0 atom stereocenters. The number of carbonyl (C=O) groups excluding carboxylic acids is 2. The summed E-state index contributed by atoms with van der Waals surface area (Å²) in [5.41, 5.74) is 4.54. The Morgan fingerprint density at radius 2 is 1.96 bits per heavy atom. The van der Waals surface area contributed by atoms with Crippen molar-refractivity contribution in [2.45, 2.75) is 81.1 Å². The van der Waals surface area contributed by atoms with E-state index in [1.807, 2.05) is 0 Å². The molecule has 1 heterocycles. The molecule has 156 valence electrons. The molecule has 4 N–H and O–H groups in total. The molecule has 2 saturated carbocycles. The van der Waals surface area contributed by atoms with Crippen LogP contribution in [0.1, 0.15) is 69.3 Å². The molecule has 0 radical (unpaired) electrons. The van der Waals surface area contributed by atoms with Gasteiger partial charge in [0.2, 0.25) is 11.7 Å². The van der Waals surface area contributed by atoms with Gasteiger partial charge in [0.1, 0.15) is 11.5 Å². The van der Waals surface area contributed by atoms with Crippen molar-refractivity contribution in [3.63, 3.8) is 0 Å². The van der Waals surface area contributed by atoms with Crippen LogP contribution < -0.4 is 15.8 Å². The van der Waals surface area contributed by atoms with Gasteiger partial charge in [-0.15, -0.1) is 11.8 Å². The zero-order valence-corrected chi connectivity index (χ0v) is 17.2. The van der Waals surface area contributed by atoms with Crippen LogP contribution in [-0.4, -0.2) is 46.1 Å². The van der Waals surface area contributed by atoms with E-state index in [1.165, 1.54) is 6.42 Å². The summed E-state index contributed by atoms with van der Waals surface area (Å²) in [6, 6.07) is 0.0146. The summed E-state index contributed by atoms with van der Waals surface area (Å²) in [5, 5.41) is 17.0. The second-order valence-corrected chi connectivity index (χ2v) is 9.64. The third-order valence-corrected chi connectivity index (χ3v) is 6.83. The van der Waals surface area contributed by atoms with E-state index in [0.717, 1.165) is 25.7 Å². The second-order valence-electron chi connectivity index (χ2n) is 8.33. The highest BCUT2D eigenvalue weighted by Crippen LogP contribution is 2.42. The number of primary amides is 1. The summed E-state index contributed by atoms with van der Waals surface area (Å²) in [5.74, 6) is -0.410. The van der Waals surface area contributed by atoms with E-state index in [1.54, 1.807) is 25.6 Å². The summed E-state index contributed by atoms with van der Waals surface area (Å²) in [6.07, 6.45) is 5.87. The Morgan fingerprint density at radius 3 is 2.54 bits per heavy atom. The number of rotatable bonds is 8. The fourth-order valence-electron chi connectivity index (χ4n) is 3.05. The van der Waals surface area contributed by atoms with E-state index in [-0.39, 0.29) is 36.3 Å². The molecule has 2 aliphatic rings. The van der Waals surface area contributed by atoms with Gasteiger partial charge in [-0.1, -0.05) is 6.42 Å². The Hall–Kier alpha value is -1.74. The quantitative estimate of drug-likeness (QED) is 0.598. The summed E-state index contributed by atoms with van der Waals surface area (Å²) in [4.78, 5) is 24.9. The Kier molecular flexibility index (Phi) is 6.54. The van der Waals surface area contributed by atoms with Gasteiger partial charge in [-0.05, 0) is 57.5 Å². The van der Waals surface area contributed by atoms with E-state index in [9.17, 15) is 14.7 Å². The number of ether oxygens (including phenoxy) is 1. The molecule has 0 saturated heterocycles.